The van der Waals surface area contributed by atoms with Crippen molar-refractivity contribution < 1.29 is 13.2 Å². The average molecular weight is 229 g/mol. The highest BCUT2D eigenvalue weighted by Gasteiger charge is 2.51. The van der Waals surface area contributed by atoms with E-state index in [1.54, 1.807) is 0 Å². The number of hydrogen-bond donors (Lipinski definition) is 1. The summed E-state index contributed by atoms with van der Waals surface area (Å²) >= 11 is 0. The zero-order valence-corrected chi connectivity index (χ0v) is 9.06. The van der Waals surface area contributed by atoms with Crippen LogP contribution in [0.5, 0.6) is 0 Å². The van der Waals surface area contributed by atoms with E-state index in [1.165, 1.54) is 0 Å². The topological polar surface area (TPSA) is 26.0 Å². The Morgan fingerprint density at radius 2 is 1.88 bits per heavy atom. The number of halogens is 3. The minimum absolute atomic E-state index is 0.252. The molecule has 4 heteroatoms. The summed E-state index contributed by atoms with van der Waals surface area (Å²) in [5, 5.41) is 0. The number of hydrogen-bond acceptors (Lipinski definition) is 1. The van der Waals surface area contributed by atoms with Gasteiger partial charge >= 0.3 is 0 Å². The van der Waals surface area contributed by atoms with E-state index in [-0.39, 0.29) is 5.92 Å². The van der Waals surface area contributed by atoms with Gasteiger partial charge in [-0.15, -0.1) is 0 Å². The van der Waals surface area contributed by atoms with Crippen LogP contribution in [0, 0.1) is 23.4 Å². The summed E-state index contributed by atoms with van der Waals surface area (Å²) < 4.78 is 38.9. The van der Waals surface area contributed by atoms with E-state index >= 15 is 0 Å². The van der Waals surface area contributed by atoms with Gasteiger partial charge in [0.25, 0.3) is 0 Å². The Balaban J connectivity index is 2.29. The fourth-order valence-electron chi connectivity index (χ4n) is 2.23. The molecule has 0 amide bonds. The number of nitrogens with two attached hydrogens (primary N) is 1. The van der Waals surface area contributed by atoms with Crippen molar-refractivity contribution in [2.24, 2.45) is 11.7 Å². The fourth-order valence-corrected chi connectivity index (χ4v) is 2.23. The van der Waals surface area contributed by atoms with Crippen molar-refractivity contribution in [1.29, 1.82) is 0 Å². The molecule has 16 heavy (non-hydrogen) atoms. The largest absolute Gasteiger partial charge is 0.321 e. The van der Waals surface area contributed by atoms with E-state index < -0.39 is 23.0 Å². The third-order valence-electron chi connectivity index (χ3n) is 3.31. The zero-order valence-electron chi connectivity index (χ0n) is 9.06. The van der Waals surface area contributed by atoms with Crippen LogP contribution < -0.4 is 5.73 Å². The molecular weight excluding hydrogens is 215 g/mol. The van der Waals surface area contributed by atoms with E-state index in [0.717, 1.165) is 25.0 Å². The van der Waals surface area contributed by atoms with Gasteiger partial charge in [-0.1, -0.05) is 13.3 Å². The smallest absolute Gasteiger partial charge is 0.194 e. The van der Waals surface area contributed by atoms with Gasteiger partial charge in [0, 0.05) is 5.54 Å². The lowest BCUT2D eigenvalue weighted by molar-refractivity contribution is 0.441. The molecule has 1 nitrogen and oxygen atoms in total. The van der Waals surface area contributed by atoms with Gasteiger partial charge in [0.05, 0.1) is 0 Å². The Kier molecular flexibility index (Phi) is 2.70. The van der Waals surface area contributed by atoms with Crippen molar-refractivity contribution in [3.05, 3.63) is 35.1 Å². The Hall–Kier alpha value is -1.03. The summed E-state index contributed by atoms with van der Waals surface area (Å²) in [4.78, 5) is 0. The highest BCUT2D eigenvalue weighted by atomic mass is 19.2. The molecule has 0 heterocycles. The van der Waals surface area contributed by atoms with Gasteiger partial charge in [-0.25, -0.2) is 13.2 Å². The zero-order chi connectivity index (χ0) is 11.9. The second-order valence-corrected chi connectivity index (χ2v) is 4.48. The summed E-state index contributed by atoms with van der Waals surface area (Å²) in [7, 11) is 0. The Morgan fingerprint density at radius 1 is 1.31 bits per heavy atom. The summed E-state index contributed by atoms with van der Waals surface area (Å²) in [6.45, 7) is 2.03. The van der Waals surface area contributed by atoms with Gasteiger partial charge in [-0.3, -0.25) is 0 Å². The second-order valence-electron chi connectivity index (χ2n) is 4.48. The van der Waals surface area contributed by atoms with Gasteiger partial charge < -0.3 is 5.73 Å². The van der Waals surface area contributed by atoms with Crippen molar-refractivity contribution in [2.45, 2.75) is 31.7 Å². The Bertz CT molecular complexity index is 396. The van der Waals surface area contributed by atoms with Gasteiger partial charge in [0.1, 0.15) is 0 Å². The molecule has 0 bridgehead atoms. The minimum Gasteiger partial charge on any atom is -0.321 e. The minimum atomic E-state index is -1.43. The molecule has 1 aliphatic rings. The van der Waals surface area contributed by atoms with Crippen molar-refractivity contribution in [2.75, 3.05) is 0 Å². The first-order valence-corrected chi connectivity index (χ1v) is 5.43. The molecule has 2 rings (SSSR count). The molecule has 0 radical (unpaired) electrons. The maximum atomic E-state index is 13.0. The van der Waals surface area contributed by atoms with E-state index in [9.17, 15) is 13.2 Å². The first kappa shape index (κ1) is 11.5. The molecule has 1 aromatic rings. The number of rotatable bonds is 3. The molecule has 1 fully saturated rings. The molecule has 0 aromatic heterocycles. The lowest BCUT2D eigenvalue weighted by atomic mass is 10.0. The molecule has 88 valence electrons. The van der Waals surface area contributed by atoms with Crippen molar-refractivity contribution in [3.63, 3.8) is 0 Å². The molecule has 2 unspecified atom stereocenters. The predicted octanol–water partition coefficient (Wildman–Crippen LogP) is 3.08. The van der Waals surface area contributed by atoms with Crippen LogP contribution in [0.25, 0.3) is 0 Å². The third-order valence-corrected chi connectivity index (χ3v) is 3.31. The number of benzene rings is 1. The van der Waals surface area contributed by atoms with Crippen LogP contribution >= 0.6 is 0 Å². The van der Waals surface area contributed by atoms with Gasteiger partial charge in [0.15, 0.2) is 17.5 Å². The van der Waals surface area contributed by atoms with E-state index in [4.69, 9.17) is 5.73 Å². The molecule has 1 saturated carbocycles. The summed E-state index contributed by atoms with van der Waals surface area (Å²) in [6.07, 6.45) is 2.62. The SMILES string of the molecule is CCCC1CC1(N)c1cc(F)c(F)c(F)c1. The summed E-state index contributed by atoms with van der Waals surface area (Å²) in [5.41, 5.74) is 5.73. The van der Waals surface area contributed by atoms with Crippen LogP contribution in [0.3, 0.4) is 0 Å². The van der Waals surface area contributed by atoms with Crippen LogP contribution in [-0.4, -0.2) is 0 Å². The second kappa shape index (κ2) is 3.77. The lowest BCUT2D eigenvalue weighted by Gasteiger charge is -2.12. The molecule has 0 saturated heterocycles. The fraction of sp³-hybridized carbons (Fsp3) is 0.500. The predicted molar refractivity (Wildman–Crippen MR) is 55.2 cm³/mol. The summed E-state index contributed by atoms with van der Waals surface area (Å²) in [6, 6.07) is 2.02. The quantitative estimate of drug-likeness (QED) is 0.792. The maximum Gasteiger partial charge on any atom is 0.194 e. The maximum absolute atomic E-state index is 13.0. The third kappa shape index (κ3) is 1.71. The van der Waals surface area contributed by atoms with Gasteiger partial charge in [-0.05, 0) is 36.5 Å². The summed E-state index contributed by atoms with van der Waals surface area (Å²) in [5.74, 6) is -3.51. The molecule has 1 aliphatic carbocycles. The standard InChI is InChI=1S/C12H14F3N/c1-2-3-7-6-12(7,16)8-4-9(13)11(15)10(14)5-8/h4-5,7H,2-3,6,16H2,1H3. The molecule has 2 N–H and O–H groups in total. The normalized spacial score (nSPS) is 28.2. The Labute approximate surface area is 92.5 Å². The van der Waals surface area contributed by atoms with Crippen LogP contribution in [0.1, 0.15) is 31.7 Å². The van der Waals surface area contributed by atoms with E-state index in [1.807, 2.05) is 6.92 Å². The molecule has 2 atom stereocenters. The first-order chi connectivity index (χ1) is 7.49. The van der Waals surface area contributed by atoms with Crippen molar-refractivity contribution in [3.8, 4) is 0 Å². The molecular formula is C12H14F3N. The lowest BCUT2D eigenvalue weighted by Crippen LogP contribution is -2.23. The first-order valence-electron chi connectivity index (χ1n) is 5.43. The Morgan fingerprint density at radius 3 is 2.38 bits per heavy atom. The molecule has 0 spiro atoms. The molecule has 1 aromatic carbocycles. The highest BCUT2D eigenvalue weighted by molar-refractivity contribution is 5.33. The van der Waals surface area contributed by atoms with Gasteiger partial charge in [-0.2, -0.15) is 0 Å². The highest BCUT2D eigenvalue weighted by Crippen LogP contribution is 2.52. The van der Waals surface area contributed by atoms with Crippen LogP contribution in [-0.2, 0) is 5.54 Å². The molecule has 0 aliphatic heterocycles. The van der Waals surface area contributed by atoms with Crippen molar-refractivity contribution >= 4 is 0 Å². The van der Waals surface area contributed by atoms with Crippen LogP contribution in [0.4, 0.5) is 13.2 Å². The monoisotopic (exact) mass is 229 g/mol. The van der Waals surface area contributed by atoms with E-state index in [2.05, 4.69) is 0 Å². The van der Waals surface area contributed by atoms with E-state index in [0.29, 0.717) is 12.0 Å². The average Bonchev–Trinajstić information content (AvgIpc) is 2.87. The van der Waals surface area contributed by atoms with Crippen molar-refractivity contribution in [1.82, 2.24) is 0 Å². The van der Waals surface area contributed by atoms with Gasteiger partial charge in [0.2, 0.25) is 0 Å². The van der Waals surface area contributed by atoms with Crippen LogP contribution in [0.2, 0.25) is 0 Å². The van der Waals surface area contributed by atoms with Crippen LogP contribution in [0.15, 0.2) is 12.1 Å².